The van der Waals surface area contributed by atoms with Crippen LogP contribution in [0.5, 0.6) is 0 Å². The number of amides is 1. The Bertz CT molecular complexity index is 1090. The van der Waals surface area contributed by atoms with Crippen molar-refractivity contribution in [3.05, 3.63) is 86.4 Å². The van der Waals surface area contributed by atoms with Gasteiger partial charge < -0.3 is 4.42 Å². The molecule has 0 fully saturated rings. The van der Waals surface area contributed by atoms with Crippen LogP contribution >= 0.6 is 0 Å². The van der Waals surface area contributed by atoms with Gasteiger partial charge in [-0.25, -0.2) is 10.4 Å². The Morgan fingerprint density at radius 3 is 2.68 bits per heavy atom. The lowest BCUT2D eigenvalue weighted by Gasteiger charge is -1.99. The fourth-order valence-corrected chi connectivity index (χ4v) is 2.28. The second kappa shape index (κ2) is 7.86. The highest BCUT2D eigenvalue weighted by molar-refractivity contribution is 5.96. The maximum Gasteiger partial charge on any atom is 0.300 e. The van der Waals surface area contributed by atoms with Crippen molar-refractivity contribution >= 4 is 23.5 Å². The maximum absolute atomic E-state index is 12.0. The molecule has 1 aromatic carbocycles. The molecule has 0 aliphatic heterocycles. The van der Waals surface area contributed by atoms with E-state index in [0.29, 0.717) is 11.3 Å². The van der Waals surface area contributed by atoms with Gasteiger partial charge in [0.1, 0.15) is 11.5 Å². The number of rotatable bonds is 6. The largest absolute Gasteiger partial charge is 0.455 e. The monoisotopic (exact) mass is 381 g/mol. The summed E-state index contributed by atoms with van der Waals surface area (Å²) in [6.45, 7) is 0. The number of hydrogen-bond donors (Lipinski definition) is 1. The molecule has 0 spiro atoms. The van der Waals surface area contributed by atoms with E-state index in [-0.39, 0.29) is 17.1 Å². The van der Waals surface area contributed by atoms with Crippen LogP contribution in [0.15, 0.2) is 64.2 Å². The molecule has 3 rings (SSSR count). The number of nitro groups is 2. The number of nitro benzene ring substituents is 1. The summed E-state index contributed by atoms with van der Waals surface area (Å²) < 4.78 is 5.51. The number of non-ortho nitro benzene ring substituents is 1. The summed E-state index contributed by atoms with van der Waals surface area (Å²) in [5.41, 5.74) is 1.74. The van der Waals surface area contributed by atoms with Crippen LogP contribution in [-0.2, 0) is 0 Å². The predicted molar refractivity (Wildman–Crippen MR) is 96.8 cm³/mol. The minimum absolute atomic E-state index is 0.0756. The second-order valence-corrected chi connectivity index (χ2v) is 5.34. The highest BCUT2D eigenvalue weighted by Crippen LogP contribution is 2.25. The summed E-state index contributed by atoms with van der Waals surface area (Å²) in [6, 6.07) is 11.5. The van der Waals surface area contributed by atoms with E-state index in [1.807, 2.05) is 0 Å². The molecule has 0 bridgehead atoms. The van der Waals surface area contributed by atoms with Crippen LogP contribution in [-0.4, -0.2) is 27.0 Å². The summed E-state index contributed by atoms with van der Waals surface area (Å²) in [6.07, 6.45) is 2.44. The zero-order valence-electron chi connectivity index (χ0n) is 14.0. The molecule has 1 amide bonds. The van der Waals surface area contributed by atoms with Crippen LogP contribution in [0.3, 0.4) is 0 Å². The van der Waals surface area contributed by atoms with Gasteiger partial charge in [0.2, 0.25) is 5.69 Å². The Morgan fingerprint density at radius 1 is 1.11 bits per heavy atom. The van der Waals surface area contributed by atoms with Crippen molar-refractivity contribution in [1.82, 2.24) is 10.4 Å². The molecule has 140 valence electrons. The second-order valence-electron chi connectivity index (χ2n) is 5.34. The first-order valence-corrected chi connectivity index (χ1v) is 7.73. The van der Waals surface area contributed by atoms with Crippen molar-refractivity contribution in [3.8, 4) is 11.3 Å². The third-order valence-electron chi connectivity index (χ3n) is 3.52. The molecule has 0 saturated heterocycles. The van der Waals surface area contributed by atoms with E-state index in [0.717, 1.165) is 6.07 Å². The zero-order chi connectivity index (χ0) is 20.1. The average Bonchev–Trinajstić information content (AvgIpc) is 3.17. The molecule has 0 unspecified atom stereocenters. The van der Waals surface area contributed by atoms with Crippen LogP contribution in [0, 0.1) is 20.2 Å². The van der Waals surface area contributed by atoms with Gasteiger partial charge in [-0.3, -0.25) is 25.0 Å². The molecule has 3 aromatic rings. The van der Waals surface area contributed by atoms with Crippen LogP contribution in [0.2, 0.25) is 0 Å². The van der Waals surface area contributed by atoms with Crippen molar-refractivity contribution < 1.29 is 19.1 Å². The quantitative estimate of drug-likeness (QED) is 0.391. The Hall–Kier alpha value is -4.41. The third-order valence-corrected chi connectivity index (χ3v) is 3.52. The fraction of sp³-hybridized carbons (Fsp3) is 0. The molecule has 0 saturated carbocycles. The summed E-state index contributed by atoms with van der Waals surface area (Å²) in [4.78, 5) is 36.2. The van der Waals surface area contributed by atoms with Gasteiger partial charge in [0.05, 0.1) is 16.1 Å². The number of carbonyl (C=O) groups is 1. The van der Waals surface area contributed by atoms with E-state index >= 15 is 0 Å². The smallest absolute Gasteiger partial charge is 0.300 e. The van der Waals surface area contributed by atoms with Gasteiger partial charge in [-0.1, -0.05) is 12.1 Å². The zero-order valence-corrected chi connectivity index (χ0v) is 14.0. The van der Waals surface area contributed by atoms with Gasteiger partial charge in [0, 0.05) is 30.0 Å². The predicted octanol–water partition coefficient (Wildman–Crippen LogP) is 2.92. The van der Waals surface area contributed by atoms with Gasteiger partial charge >= 0.3 is 5.69 Å². The highest BCUT2D eigenvalue weighted by Gasteiger charge is 2.20. The topological polar surface area (TPSA) is 154 Å². The third kappa shape index (κ3) is 4.04. The first kappa shape index (κ1) is 18.4. The molecule has 0 aliphatic rings. The summed E-state index contributed by atoms with van der Waals surface area (Å²) in [7, 11) is 0. The number of pyridine rings is 1. The number of aromatic nitrogens is 1. The van der Waals surface area contributed by atoms with Crippen LogP contribution in [0.1, 0.15) is 16.2 Å². The number of hydrazone groups is 1. The van der Waals surface area contributed by atoms with E-state index in [4.69, 9.17) is 4.42 Å². The minimum atomic E-state index is -0.853. The molecular formula is C17H11N5O6. The number of nitrogens with one attached hydrogen (secondary N) is 1. The maximum atomic E-state index is 12.0. The van der Waals surface area contributed by atoms with Crippen molar-refractivity contribution in [1.29, 1.82) is 0 Å². The molecule has 0 aliphatic carbocycles. The van der Waals surface area contributed by atoms with Crippen molar-refractivity contribution in [2.45, 2.75) is 0 Å². The number of hydrogen-bond acceptors (Lipinski definition) is 8. The lowest BCUT2D eigenvalue weighted by Crippen LogP contribution is -2.20. The summed E-state index contributed by atoms with van der Waals surface area (Å²) in [5, 5.41) is 25.4. The van der Waals surface area contributed by atoms with Crippen LogP contribution in [0.4, 0.5) is 11.4 Å². The van der Waals surface area contributed by atoms with Gasteiger partial charge in [0.25, 0.3) is 11.6 Å². The van der Waals surface area contributed by atoms with Crippen molar-refractivity contribution in [3.63, 3.8) is 0 Å². The van der Waals surface area contributed by atoms with E-state index in [1.165, 1.54) is 36.7 Å². The molecule has 2 heterocycles. The average molecular weight is 381 g/mol. The first-order chi connectivity index (χ1) is 13.5. The lowest BCUT2D eigenvalue weighted by atomic mass is 10.1. The van der Waals surface area contributed by atoms with E-state index in [1.54, 1.807) is 18.2 Å². The summed E-state index contributed by atoms with van der Waals surface area (Å²) in [5.74, 6) is -0.219. The highest BCUT2D eigenvalue weighted by atomic mass is 16.6. The molecule has 11 heteroatoms. The van der Waals surface area contributed by atoms with Crippen molar-refractivity contribution in [2.75, 3.05) is 0 Å². The SMILES string of the molecule is O=C(N/N=C\c1ccc(-c2cccc([N+](=O)[O-])c2)o1)c1ncccc1[N+](=O)[O-]. The molecule has 0 radical (unpaired) electrons. The molecule has 2 aromatic heterocycles. The number of benzene rings is 1. The Kier molecular flexibility index (Phi) is 5.16. The van der Waals surface area contributed by atoms with Crippen LogP contribution < -0.4 is 5.43 Å². The normalized spacial score (nSPS) is 10.7. The first-order valence-electron chi connectivity index (χ1n) is 7.73. The Balaban J connectivity index is 1.71. The van der Waals surface area contributed by atoms with Gasteiger partial charge in [-0.2, -0.15) is 5.10 Å². The number of nitrogens with zero attached hydrogens (tertiary/aromatic N) is 4. The molecule has 1 N–H and O–H groups in total. The summed E-state index contributed by atoms with van der Waals surface area (Å²) >= 11 is 0. The number of furan rings is 1. The van der Waals surface area contributed by atoms with Gasteiger partial charge in [0.15, 0.2) is 0 Å². The lowest BCUT2D eigenvalue weighted by molar-refractivity contribution is -0.385. The minimum Gasteiger partial charge on any atom is -0.455 e. The van der Waals surface area contributed by atoms with E-state index < -0.39 is 21.4 Å². The molecule has 11 nitrogen and oxygen atoms in total. The molecular weight excluding hydrogens is 370 g/mol. The van der Waals surface area contributed by atoms with Crippen LogP contribution in [0.25, 0.3) is 11.3 Å². The Labute approximate surface area is 156 Å². The van der Waals surface area contributed by atoms with E-state index in [9.17, 15) is 25.0 Å². The van der Waals surface area contributed by atoms with E-state index in [2.05, 4.69) is 15.5 Å². The number of carbonyl (C=O) groups excluding carboxylic acids is 1. The fourth-order valence-electron chi connectivity index (χ4n) is 2.28. The van der Waals surface area contributed by atoms with Gasteiger partial charge in [-0.05, 0) is 18.2 Å². The molecule has 28 heavy (non-hydrogen) atoms. The standard InChI is InChI=1S/C17H11N5O6/c23-17(16-14(22(26)27)5-2-8-18-16)20-19-10-13-6-7-15(28-13)11-3-1-4-12(9-11)21(24)25/h1-10H,(H,20,23)/b19-10-. The van der Waals surface area contributed by atoms with Crippen molar-refractivity contribution in [2.24, 2.45) is 5.10 Å². The molecule has 0 atom stereocenters. The Morgan fingerprint density at radius 2 is 1.93 bits per heavy atom. The van der Waals surface area contributed by atoms with Gasteiger partial charge in [-0.15, -0.1) is 0 Å².